The molecule has 0 bridgehead atoms. The summed E-state index contributed by atoms with van der Waals surface area (Å²) < 4.78 is 0. The molecule has 4 N–H and O–H groups in total. The fourth-order valence-electron chi connectivity index (χ4n) is 2.80. The first-order valence-corrected chi connectivity index (χ1v) is 7.68. The summed E-state index contributed by atoms with van der Waals surface area (Å²) in [5, 5.41) is 15.7. The zero-order valence-electron chi connectivity index (χ0n) is 12.4. The molecule has 116 valence electrons. The van der Waals surface area contributed by atoms with Crippen molar-refractivity contribution in [3.63, 3.8) is 0 Å². The molecular weight excluding hydrogens is 306 g/mol. The molecule has 1 atom stereocenters. The summed E-state index contributed by atoms with van der Waals surface area (Å²) in [5.41, 5.74) is 10.2. The Balaban J connectivity index is 2.07. The van der Waals surface area contributed by atoms with Crippen molar-refractivity contribution < 1.29 is 5.11 Å². The number of hydrazone groups is 1. The Hall–Kier alpha value is -2.50. The first-order chi connectivity index (χ1) is 11.1. The molecule has 0 spiro atoms. The lowest BCUT2D eigenvalue weighted by atomic mass is 9.84. The fraction of sp³-hybridized carbons (Fsp3) is 0.111. The van der Waals surface area contributed by atoms with Gasteiger partial charge in [0.15, 0.2) is 5.11 Å². The number of nitrogens with one attached hydrogen (secondary N) is 1. The summed E-state index contributed by atoms with van der Waals surface area (Å²) in [6.45, 7) is 0. The molecule has 0 amide bonds. The smallest absolute Gasteiger partial charge is 0.184 e. The summed E-state index contributed by atoms with van der Waals surface area (Å²) in [6, 6.07) is 19.4. The second kappa shape index (κ2) is 6.32. The fourth-order valence-corrected chi connectivity index (χ4v) is 2.85. The standard InChI is InChI=1S/C18H17N3OS/c19-17(23)21-20-15-11-16(13-7-3-1-4-8-13)18(22,12-15)14-9-5-2-6-10-14/h1-11,22H,12H2,(H3,19,21,23)/b20-15+. The van der Waals surface area contributed by atoms with Crippen LogP contribution in [0.25, 0.3) is 5.57 Å². The summed E-state index contributed by atoms with van der Waals surface area (Å²) >= 11 is 4.78. The van der Waals surface area contributed by atoms with E-state index in [0.717, 1.165) is 16.7 Å². The van der Waals surface area contributed by atoms with Gasteiger partial charge in [-0.15, -0.1) is 0 Å². The number of nitrogens with zero attached hydrogens (tertiary/aromatic N) is 1. The molecule has 23 heavy (non-hydrogen) atoms. The zero-order valence-corrected chi connectivity index (χ0v) is 13.3. The van der Waals surface area contributed by atoms with Crippen LogP contribution < -0.4 is 11.2 Å². The Labute approximate surface area is 140 Å². The van der Waals surface area contributed by atoms with Gasteiger partial charge in [-0.2, -0.15) is 5.10 Å². The summed E-state index contributed by atoms with van der Waals surface area (Å²) in [6.07, 6.45) is 2.24. The van der Waals surface area contributed by atoms with Gasteiger partial charge in [0.05, 0.1) is 5.71 Å². The largest absolute Gasteiger partial charge is 0.380 e. The lowest BCUT2D eigenvalue weighted by Crippen LogP contribution is -2.27. The van der Waals surface area contributed by atoms with E-state index in [1.165, 1.54) is 0 Å². The van der Waals surface area contributed by atoms with Crippen molar-refractivity contribution in [3.8, 4) is 0 Å². The summed E-state index contributed by atoms with van der Waals surface area (Å²) in [5.74, 6) is 0. The van der Waals surface area contributed by atoms with Gasteiger partial charge in [-0.25, -0.2) is 0 Å². The van der Waals surface area contributed by atoms with Gasteiger partial charge in [0.25, 0.3) is 0 Å². The Morgan fingerprint density at radius 1 is 1.09 bits per heavy atom. The lowest BCUT2D eigenvalue weighted by molar-refractivity contribution is 0.113. The molecule has 0 fully saturated rings. The van der Waals surface area contributed by atoms with Crippen molar-refractivity contribution in [2.45, 2.75) is 12.0 Å². The number of allylic oxidation sites excluding steroid dienone is 1. The third kappa shape index (κ3) is 3.16. The highest BCUT2D eigenvalue weighted by atomic mass is 32.1. The predicted octanol–water partition coefficient (Wildman–Crippen LogP) is 2.55. The maximum atomic E-state index is 11.4. The summed E-state index contributed by atoms with van der Waals surface area (Å²) in [4.78, 5) is 0. The third-order valence-electron chi connectivity index (χ3n) is 3.84. The van der Waals surface area contributed by atoms with E-state index in [9.17, 15) is 5.11 Å². The first kappa shape index (κ1) is 15.4. The maximum Gasteiger partial charge on any atom is 0.184 e. The molecule has 1 aliphatic rings. The minimum Gasteiger partial charge on any atom is -0.380 e. The molecule has 1 aliphatic carbocycles. The van der Waals surface area contributed by atoms with Crippen molar-refractivity contribution in [1.82, 2.24) is 5.43 Å². The van der Waals surface area contributed by atoms with Gasteiger partial charge in [0.2, 0.25) is 0 Å². The molecule has 0 saturated heterocycles. The molecule has 3 rings (SSSR count). The zero-order chi connectivity index (χ0) is 16.3. The van der Waals surface area contributed by atoms with Crippen LogP contribution in [0.1, 0.15) is 17.5 Å². The number of rotatable bonds is 3. The van der Waals surface area contributed by atoms with Crippen LogP contribution >= 0.6 is 12.2 Å². The Morgan fingerprint density at radius 2 is 1.70 bits per heavy atom. The number of hydrogen-bond donors (Lipinski definition) is 3. The van der Waals surface area contributed by atoms with Crippen molar-refractivity contribution in [2.75, 3.05) is 0 Å². The minimum absolute atomic E-state index is 0.0994. The Bertz CT molecular complexity index is 771. The van der Waals surface area contributed by atoms with Crippen LogP contribution in [0.5, 0.6) is 0 Å². The monoisotopic (exact) mass is 323 g/mol. The minimum atomic E-state index is -1.13. The van der Waals surface area contributed by atoms with Crippen LogP contribution in [0.2, 0.25) is 0 Å². The van der Waals surface area contributed by atoms with Gasteiger partial charge < -0.3 is 10.8 Å². The normalized spacial score (nSPS) is 22.0. The van der Waals surface area contributed by atoms with Gasteiger partial charge in [0, 0.05) is 6.42 Å². The van der Waals surface area contributed by atoms with E-state index in [-0.39, 0.29) is 5.11 Å². The number of benzene rings is 2. The molecular formula is C18H17N3OS. The van der Waals surface area contributed by atoms with Crippen LogP contribution in [0.3, 0.4) is 0 Å². The SMILES string of the molecule is NC(=S)N/N=C1\C=C(c2ccccc2)C(O)(c2ccccc2)C1. The Morgan fingerprint density at radius 3 is 2.30 bits per heavy atom. The van der Waals surface area contributed by atoms with Crippen molar-refractivity contribution in [1.29, 1.82) is 0 Å². The summed E-state index contributed by atoms with van der Waals surface area (Å²) in [7, 11) is 0. The van der Waals surface area contributed by atoms with E-state index in [1.54, 1.807) is 0 Å². The van der Waals surface area contributed by atoms with Crippen LogP contribution in [-0.2, 0) is 5.60 Å². The molecule has 0 heterocycles. The highest BCUT2D eigenvalue weighted by molar-refractivity contribution is 7.80. The van der Waals surface area contributed by atoms with E-state index in [4.69, 9.17) is 18.0 Å². The molecule has 1 unspecified atom stereocenters. The van der Waals surface area contributed by atoms with E-state index < -0.39 is 5.60 Å². The number of aliphatic hydroxyl groups is 1. The highest BCUT2D eigenvalue weighted by Crippen LogP contribution is 2.43. The Kier molecular flexibility index (Phi) is 4.23. The topological polar surface area (TPSA) is 70.6 Å². The molecule has 0 radical (unpaired) electrons. The van der Waals surface area contributed by atoms with Gasteiger partial charge in [0.1, 0.15) is 5.60 Å². The molecule has 2 aromatic carbocycles. The van der Waals surface area contributed by atoms with Gasteiger partial charge in [-0.05, 0) is 35.0 Å². The van der Waals surface area contributed by atoms with E-state index >= 15 is 0 Å². The molecule has 5 heteroatoms. The van der Waals surface area contributed by atoms with Crippen LogP contribution in [0.15, 0.2) is 71.8 Å². The van der Waals surface area contributed by atoms with E-state index in [0.29, 0.717) is 12.1 Å². The molecule has 4 nitrogen and oxygen atoms in total. The van der Waals surface area contributed by atoms with Crippen molar-refractivity contribution in [2.24, 2.45) is 10.8 Å². The second-order valence-corrected chi connectivity index (χ2v) is 5.85. The van der Waals surface area contributed by atoms with Crippen LogP contribution in [0, 0.1) is 0 Å². The van der Waals surface area contributed by atoms with Crippen LogP contribution in [-0.4, -0.2) is 15.9 Å². The quantitative estimate of drug-likeness (QED) is 0.600. The van der Waals surface area contributed by atoms with Crippen molar-refractivity contribution >= 4 is 28.6 Å². The van der Waals surface area contributed by atoms with Crippen LogP contribution in [0.4, 0.5) is 0 Å². The van der Waals surface area contributed by atoms with E-state index in [1.807, 2.05) is 66.7 Å². The maximum absolute atomic E-state index is 11.4. The number of thiocarbonyl (C=S) groups is 1. The molecule has 0 saturated carbocycles. The highest BCUT2D eigenvalue weighted by Gasteiger charge is 2.40. The third-order valence-corrected chi connectivity index (χ3v) is 3.93. The molecule has 2 aromatic rings. The lowest BCUT2D eigenvalue weighted by Gasteiger charge is -2.27. The van der Waals surface area contributed by atoms with Gasteiger partial charge in [-0.1, -0.05) is 60.7 Å². The second-order valence-electron chi connectivity index (χ2n) is 5.41. The first-order valence-electron chi connectivity index (χ1n) is 7.27. The molecule has 0 aromatic heterocycles. The number of hydrogen-bond acceptors (Lipinski definition) is 3. The van der Waals surface area contributed by atoms with Crippen molar-refractivity contribution in [3.05, 3.63) is 77.9 Å². The van der Waals surface area contributed by atoms with Gasteiger partial charge >= 0.3 is 0 Å². The van der Waals surface area contributed by atoms with Gasteiger partial charge in [-0.3, -0.25) is 5.43 Å². The van der Waals surface area contributed by atoms with E-state index in [2.05, 4.69) is 10.5 Å². The molecule has 0 aliphatic heterocycles. The predicted molar refractivity (Wildman–Crippen MR) is 96.7 cm³/mol. The average Bonchev–Trinajstić information content (AvgIpc) is 2.93. The number of nitrogens with two attached hydrogens (primary N) is 1. The average molecular weight is 323 g/mol.